The van der Waals surface area contributed by atoms with Crippen LogP contribution in [0.1, 0.15) is 11.3 Å². The van der Waals surface area contributed by atoms with Crippen LogP contribution in [-0.2, 0) is 6.42 Å². The first kappa shape index (κ1) is 10.5. The Bertz CT molecular complexity index is 646. The van der Waals surface area contributed by atoms with Crippen LogP contribution in [0, 0.1) is 0 Å². The van der Waals surface area contributed by atoms with E-state index in [2.05, 4.69) is 43.0 Å². The lowest BCUT2D eigenvalue weighted by molar-refractivity contribution is 1.06. The van der Waals surface area contributed by atoms with Gasteiger partial charge in [-0.1, -0.05) is 30.3 Å². The molecule has 3 aromatic rings. The van der Waals surface area contributed by atoms with Crippen LogP contribution in [0.4, 0.5) is 0 Å². The van der Waals surface area contributed by atoms with Gasteiger partial charge in [0.2, 0.25) is 0 Å². The van der Waals surface area contributed by atoms with Gasteiger partial charge in [-0.05, 0) is 21.5 Å². The molecule has 3 rings (SSSR count). The molecule has 0 fully saturated rings. The number of hydrogen-bond donors (Lipinski definition) is 1. The normalized spacial score (nSPS) is 10.9. The fourth-order valence-corrected chi connectivity index (χ4v) is 2.44. The van der Waals surface area contributed by atoms with Crippen LogP contribution >= 0.6 is 15.9 Å². The molecular weight excluding hydrogens is 278 g/mol. The minimum absolute atomic E-state index is 0.816. The molecule has 0 aliphatic heterocycles. The van der Waals surface area contributed by atoms with Crippen molar-refractivity contribution in [2.75, 3.05) is 0 Å². The molecule has 0 unspecified atom stereocenters. The molecule has 0 saturated carbocycles. The second-order valence-corrected chi connectivity index (χ2v) is 4.70. The Morgan fingerprint density at radius 2 is 1.94 bits per heavy atom. The van der Waals surface area contributed by atoms with Crippen LogP contribution in [0.15, 0.2) is 47.3 Å². The van der Waals surface area contributed by atoms with Crippen molar-refractivity contribution < 1.29 is 0 Å². The van der Waals surface area contributed by atoms with Crippen molar-refractivity contribution in [1.29, 1.82) is 0 Å². The average Bonchev–Trinajstić information content (AvgIpc) is 2.74. The fraction of sp³-hybridized carbons (Fsp3) is 0.0769. The van der Waals surface area contributed by atoms with Crippen molar-refractivity contribution in [3.8, 4) is 0 Å². The highest BCUT2D eigenvalue weighted by Crippen LogP contribution is 2.25. The van der Waals surface area contributed by atoms with Gasteiger partial charge in [-0.25, -0.2) is 9.97 Å². The van der Waals surface area contributed by atoms with Crippen LogP contribution < -0.4 is 0 Å². The molecule has 0 spiro atoms. The van der Waals surface area contributed by atoms with Gasteiger partial charge in [-0.15, -0.1) is 0 Å². The summed E-state index contributed by atoms with van der Waals surface area (Å²) >= 11 is 3.52. The quantitative estimate of drug-likeness (QED) is 0.786. The molecule has 0 aliphatic rings. The minimum Gasteiger partial charge on any atom is -0.345 e. The smallest absolute Gasteiger partial charge is 0.142 e. The minimum atomic E-state index is 0.816. The Hall–Kier alpha value is -1.68. The summed E-state index contributed by atoms with van der Waals surface area (Å²) in [6.07, 6.45) is 4.31. The third kappa shape index (κ3) is 1.96. The monoisotopic (exact) mass is 287 g/mol. The van der Waals surface area contributed by atoms with Gasteiger partial charge in [0.05, 0.1) is 11.1 Å². The predicted octanol–water partition coefficient (Wildman–Crippen LogP) is 3.31. The lowest BCUT2D eigenvalue weighted by atomic mass is 10.1. The van der Waals surface area contributed by atoms with E-state index in [1.54, 1.807) is 6.33 Å². The number of nitrogens with zero attached hydrogens (tertiary/aromatic N) is 2. The standard InChI is InChI=1S/C13H10BrN3/c14-10-7-15-13-12(10)11(16-8-17-13)6-9-4-2-1-3-5-9/h1-5,7-8H,6H2,(H,15,16,17). The van der Waals surface area contributed by atoms with Crippen LogP contribution in [-0.4, -0.2) is 15.0 Å². The highest BCUT2D eigenvalue weighted by molar-refractivity contribution is 9.10. The Kier molecular flexibility index (Phi) is 2.65. The summed E-state index contributed by atoms with van der Waals surface area (Å²) in [5, 5.41) is 1.07. The van der Waals surface area contributed by atoms with E-state index in [0.29, 0.717) is 0 Å². The summed E-state index contributed by atoms with van der Waals surface area (Å²) in [5.41, 5.74) is 3.16. The number of aromatic nitrogens is 3. The number of halogens is 1. The molecule has 17 heavy (non-hydrogen) atoms. The average molecular weight is 288 g/mol. The molecule has 0 radical (unpaired) electrons. The van der Waals surface area contributed by atoms with Gasteiger partial charge in [0.15, 0.2) is 0 Å². The summed E-state index contributed by atoms with van der Waals surface area (Å²) < 4.78 is 1.01. The molecule has 2 aromatic heterocycles. The Labute approximate surface area is 107 Å². The number of aromatic amines is 1. The highest BCUT2D eigenvalue weighted by Gasteiger charge is 2.09. The van der Waals surface area contributed by atoms with E-state index in [9.17, 15) is 0 Å². The van der Waals surface area contributed by atoms with Crippen LogP contribution in [0.5, 0.6) is 0 Å². The first-order chi connectivity index (χ1) is 8.34. The lowest BCUT2D eigenvalue weighted by Gasteiger charge is -2.02. The Morgan fingerprint density at radius 3 is 2.76 bits per heavy atom. The largest absolute Gasteiger partial charge is 0.345 e. The SMILES string of the molecule is Brc1c[nH]c2ncnc(Cc3ccccc3)c12. The number of hydrogen-bond acceptors (Lipinski definition) is 2. The zero-order valence-electron chi connectivity index (χ0n) is 9.02. The zero-order chi connectivity index (χ0) is 11.7. The molecule has 0 aliphatic carbocycles. The van der Waals surface area contributed by atoms with E-state index in [4.69, 9.17) is 0 Å². The predicted molar refractivity (Wildman–Crippen MR) is 70.8 cm³/mol. The number of rotatable bonds is 2. The molecule has 0 amide bonds. The molecule has 1 aromatic carbocycles. The van der Waals surface area contributed by atoms with Gasteiger partial charge in [-0.2, -0.15) is 0 Å². The second kappa shape index (κ2) is 4.30. The second-order valence-electron chi connectivity index (χ2n) is 3.84. The van der Waals surface area contributed by atoms with Crippen molar-refractivity contribution in [1.82, 2.24) is 15.0 Å². The number of benzene rings is 1. The summed E-state index contributed by atoms with van der Waals surface area (Å²) in [6.45, 7) is 0. The van der Waals surface area contributed by atoms with E-state index >= 15 is 0 Å². The fourth-order valence-electron chi connectivity index (χ4n) is 1.91. The van der Waals surface area contributed by atoms with Crippen molar-refractivity contribution in [3.05, 3.63) is 58.6 Å². The first-order valence-corrected chi connectivity index (χ1v) is 6.14. The Morgan fingerprint density at radius 1 is 1.12 bits per heavy atom. The molecule has 0 atom stereocenters. The highest BCUT2D eigenvalue weighted by atomic mass is 79.9. The van der Waals surface area contributed by atoms with Gasteiger partial charge in [0.1, 0.15) is 12.0 Å². The molecule has 2 heterocycles. The molecular formula is C13H10BrN3. The van der Waals surface area contributed by atoms with Gasteiger partial charge in [0.25, 0.3) is 0 Å². The van der Waals surface area contributed by atoms with Crippen molar-refractivity contribution in [2.24, 2.45) is 0 Å². The lowest BCUT2D eigenvalue weighted by Crippen LogP contribution is -1.94. The van der Waals surface area contributed by atoms with Gasteiger partial charge >= 0.3 is 0 Å². The van der Waals surface area contributed by atoms with E-state index in [1.165, 1.54) is 5.56 Å². The van der Waals surface area contributed by atoms with E-state index in [-0.39, 0.29) is 0 Å². The molecule has 1 N–H and O–H groups in total. The number of H-pyrrole nitrogens is 1. The van der Waals surface area contributed by atoms with Crippen molar-refractivity contribution in [2.45, 2.75) is 6.42 Å². The van der Waals surface area contributed by atoms with Crippen LogP contribution in [0.3, 0.4) is 0 Å². The van der Waals surface area contributed by atoms with E-state index < -0.39 is 0 Å². The topological polar surface area (TPSA) is 41.6 Å². The Balaban J connectivity index is 2.09. The van der Waals surface area contributed by atoms with Gasteiger partial charge in [-0.3, -0.25) is 0 Å². The summed E-state index contributed by atoms with van der Waals surface area (Å²) in [7, 11) is 0. The third-order valence-corrected chi connectivity index (χ3v) is 3.34. The first-order valence-electron chi connectivity index (χ1n) is 5.35. The summed E-state index contributed by atoms with van der Waals surface area (Å²) in [5.74, 6) is 0. The molecule has 84 valence electrons. The van der Waals surface area contributed by atoms with Crippen molar-refractivity contribution in [3.63, 3.8) is 0 Å². The molecule has 3 nitrogen and oxygen atoms in total. The summed E-state index contributed by atoms with van der Waals surface area (Å²) in [6, 6.07) is 10.3. The van der Waals surface area contributed by atoms with Crippen molar-refractivity contribution >= 4 is 27.0 Å². The summed E-state index contributed by atoms with van der Waals surface area (Å²) in [4.78, 5) is 11.7. The molecule has 4 heteroatoms. The number of nitrogens with one attached hydrogen (secondary N) is 1. The molecule has 0 saturated heterocycles. The number of fused-ring (bicyclic) bond motifs is 1. The zero-order valence-corrected chi connectivity index (χ0v) is 10.6. The van der Waals surface area contributed by atoms with E-state index in [1.807, 2.05) is 24.4 Å². The van der Waals surface area contributed by atoms with Crippen LogP contribution in [0.25, 0.3) is 11.0 Å². The van der Waals surface area contributed by atoms with Gasteiger partial charge < -0.3 is 4.98 Å². The van der Waals surface area contributed by atoms with E-state index in [0.717, 1.165) is 27.6 Å². The maximum atomic E-state index is 4.37. The van der Waals surface area contributed by atoms with Crippen LogP contribution in [0.2, 0.25) is 0 Å². The van der Waals surface area contributed by atoms with Gasteiger partial charge in [0, 0.05) is 17.1 Å². The third-order valence-electron chi connectivity index (χ3n) is 2.71. The maximum absolute atomic E-state index is 4.37. The maximum Gasteiger partial charge on any atom is 0.142 e. The molecule has 0 bridgehead atoms.